The van der Waals surface area contributed by atoms with Gasteiger partial charge in [0.2, 0.25) is 0 Å². The van der Waals surface area contributed by atoms with Gasteiger partial charge in [0.25, 0.3) is 0 Å². The molecule has 0 N–H and O–H groups in total. The molecule has 0 spiro atoms. The second-order valence-electron chi connectivity index (χ2n) is 4.10. The fraction of sp³-hybridized carbons (Fsp3) is 0.818. The van der Waals surface area contributed by atoms with Crippen molar-refractivity contribution in [2.45, 2.75) is 47.0 Å². The third-order valence-electron chi connectivity index (χ3n) is 2.56. The molecule has 0 aliphatic rings. The van der Waals surface area contributed by atoms with Crippen LogP contribution in [0.4, 0.5) is 0 Å². The normalized spacial score (nSPS) is 17.2. The molecule has 13 heavy (non-hydrogen) atoms. The minimum Gasteiger partial charge on any atom is -0.298 e. The number of carbonyl (C=O) groups excluding carboxylic acids is 1. The number of ketones is 1. The molecule has 0 aromatic rings. The molecule has 0 amide bonds. The summed E-state index contributed by atoms with van der Waals surface area (Å²) in [5, 5.41) is 8.90. The van der Waals surface area contributed by atoms with Crippen LogP contribution in [0.3, 0.4) is 0 Å². The van der Waals surface area contributed by atoms with E-state index in [0.717, 1.165) is 12.8 Å². The van der Waals surface area contributed by atoms with Gasteiger partial charge < -0.3 is 0 Å². The first-order chi connectivity index (χ1) is 5.96. The molecule has 0 aliphatic heterocycles. The monoisotopic (exact) mass is 181 g/mol. The van der Waals surface area contributed by atoms with Crippen molar-refractivity contribution in [3.05, 3.63) is 0 Å². The Balaban J connectivity index is 4.30. The van der Waals surface area contributed by atoms with Gasteiger partial charge in [0, 0.05) is 0 Å². The highest BCUT2D eigenvalue weighted by molar-refractivity contribution is 5.84. The Hall–Kier alpha value is -0.840. The predicted molar refractivity (Wildman–Crippen MR) is 53.1 cm³/mol. The molecule has 0 bridgehead atoms. The van der Waals surface area contributed by atoms with Crippen LogP contribution in [0.15, 0.2) is 0 Å². The lowest BCUT2D eigenvalue weighted by Crippen LogP contribution is -2.25. The first-order valence-corrected chi connectivity index (χ1v) is 4.88. The van der Waals surface area contributed by atoms with Crippen molar-refractivity contribution < 1.29 is 4.79 Å². The smallest absolute Gasteiger partial charge is 0.149 e. The van der Waals surface area contributed by atoms with E-state index >= 15 is 0 Å². The second kappa shape index (κ2) is 5.01. The zero-order valence-electron chi connectivity index (χ0n) is 9.05. The van der Waals surface area contributed by atoms with Gasteiger partial charge in [-0.3, -0.25) is 4.79 Å². The van der Waals surface area contributed by atoms with E-state index in [4.69, 9.17) is 5.26 Å². The Kier molecular flexibility index (Phi) is 4.69. The molecule has 2 unspecified atom stereocenters. The summed E-state index contributed by atoms with van der Waals surface area (Å²) >= 11 is 0. The largest absolute Gasteiger partial charge is 0.298 e. The average Bonchev–Trinajstić information content (AvgIpc) is 2.04. The topological polar surface area (TPSA) is 40.9 Å². The maximum atomic E-state index is 11.2. The molecule has 2 heteroatoms. The van der Waals surface area contributed by atoms with Gasteiger partial charge in [-0.1, -0.05) is 26.7 Å². The van der Waals surface area contributed by atoms with Crippen molar-refractivity contribution in [1.29, 1.82) is 5.26 Å². The summed E-state index contributed by atoms with van der Waals surface area (Å²) in [7, 11) is 0. The molecule has 0 saturated heterocycles. The predicted octanol–water partition coefficient (Wildman–Crippen LogP) is 2.93. The van der Waals surface area contributed by atoms with Gasteiger partial charge in [-0.15, -0.1) is 0 Å². The van der Waals surface area contributed by atoms with E-state index in [1.165, 1.54) is 6.92 Å². The van der Waals surface area contributed by atoms with Gasteiger partial charge in [0.05, 0.1) is 6.07 Å². The van der Waals surface area contributed by atoms with Crippen molar-refractivity contribution in [2.75, 3.05) is 0 Å². The van der Waals surface area contributed by atoms with Crippen molar-refractivity contribution in [2.24, 2.45) is 11.3 Å². The molecule has 2 nitrogen and oxygen atoms in total. The highest BCUT2D eigenvalue weighted by atomic mass is 16.1. The summed E-state index contributed by atoms with van der Waals surface area (Å²) < 4.78 is 0. The number of Topliss-reactive ketones (excluding diaryl/α,β-unsaturated/α-hetero) is 1. The van der Waals surface area contributed by atoms with Gasteiger partial charge >= 0.3 is 0 Å². The fourth-order valence-electron chi connectivity index (χ4n) is 1.56. The van der Waals surface area contributed by atoms with Gasteiger partial charge in [0.15, 0.2) is 0 Å². The SMILES string of the molecule is CCCC(C)CC(C)(C#N)C(C)=O. The molecule has 0 heterocycles. The summed E-state index contributed by atoms with van der Waals surface area (Å²) in [6, 6.07) is 2.12. The zero-order chi connectivity index (χ0) is 10.5. The van der Waals surface area contributed by atoms with E-state index in [0.29, 0.717) is 12.3 Å². The van der Waals surface area contributed by atoms with E-state index in [1.54, 1.807) is 6.92 Å². The van der Waals surface area contributed by atoms with Crippen LogP contribution < -0.4 is 0 Å². The molecule has 0 radical (unpaired) electrons. The van der Waals surface area contributed by atoms with E-state index in [-0.39, 0.29) is 5.78 Å². The van der Waals surface area contributed by atoms with Crippen LogP contribution in [-0.2, 0) is 4.79 Å². The summed E-state index contributed by atoms with van der Waals surface area (Å²) in [5.74, 6) is 0.441. The first-order valence-electron chi connectivity index (χ1n) is 4.88. The van der Waals surface area contributed by atoms with E-state index in [9.17, 15) is 4.79 Å². The maximum Gasteiger partial charge on any atom is 0.149 e. The Morgan fingerprint density at radius 3 is 2.46 bits per heavy atom. The van der Waals surface area contributed by atoms with Crippen LogP contribution in [-0.4, -0.2) is 5.78 Å². The molecule has 0 rings (SSSR count). The molecule has 0 aromatic carbocycles. The van der Waals surface area contributed by atoms with Crippen LogP contribution >= 0.6 is 0 Å². The van der Waals surface area contributed by atoms with Crippen LogP contribution in [0.1, 0.15) is 47.0 Å². The standard InChI is InChI=1S/C11H19NO/c1-5-6-9(2)7-11(4,8-12)10(3)13/h9H,5-7H2,1-4H3. The van der Waals surface area contributed by atoms with Crippen molar-refractivity contribution >= 4 is 5.78 Å². The highest BCUT2D eigenvalue weighted by Crippen LogP contribution is 2.28. The molecule has 2 atom stereocenters. The average molecular weight is 181 g/mol. The number of rotatable bonds is 5. The first kappa shape index (κ1) is 12.2. The molecule has 74 valence electrons. The maximum absolute atomic E-state index is 11.2. The van der Waals surface area contributed by atoms with Crippen LogP contribution in [0.5, 0.6) is 0 Å². The molecular formula is C11H19NO. The summed E-state index contributed by atoms with van der Waals surface area (Å²) in [5.41, 5.74) is -0.769. The van der Waals surface area contributed by atoms with Crippen molar-refractivity contribution in [1.82, 2.24) is 0 Å². The Labute approximate surface area is 80.9 Å². The zero-order valence-corrected chi connectivity index (χ0v) is 9.05. The van der Waals surface area contributed by atoms with E-state index < -0.39 is 5.41 Å². The lowest BCUT2D eigenvalue weighted by molar-refractivity contribution is -0.123. The fourth-order valence-corrected chi connectivity index (χ4v) is 1.56. The van der Waals surface area contributed by atoms with Crippen molar-refractivity contribution in [3.8, 4) is 6.07 Å². The third-order valence-corrected chi connectivity index (χ3v) is 2.56. The quantitative estimate of drug-likeness (QED) is 0.654. The number of nitrogens with zero attached hydrogens (tertiary/aromatic N) is 1. The third kappa shape index (κ3) is 3.59. The number of hydrogen-bond donors (Lipinski definition) is 0. The van der Waals surface area contributed by atoms with E-state index in [1.807, 2.05) is 0 Å². The Morgan fingerprint density at radius 2 is 2.15 bits per heavy atom. The molecule has 0 aromatic heterocycles. The molecule has 0 fully saturated rings. The van der Waals surface area contributed by atoms with Gasteiger partial charge in [-0.2, -0.15) is 5.26 Å². The van der Waals surface area contributed by atoms with Crippen LogP contribution in [0.2, 0.25) is 0 Å². The van der Waals surface area contributed by atoms with E-state index in [2.05, 4.69) is 19.9 Å². The van der Waals surface area contributed by atoms with Gasteiger partial charge in [0.1, 0.15) is 11.2 Å². The Morgan fingerprint density at radius 1 is 1.62 bits per heavy atom. The van der Waals surface area contributed by atoms with Gasteiger partial charge in [-0.25, -0.2) is 0 Å². The molecule has 0 aliphatic carbocycles. The number of nitriles is 1. The van der Waals surface area contributed by atoms with Crippen LogP contribution in [0.25, 0.3) is 0 Å². The Bertz CT molecular complexity index is 217. The highest BCUT2D eigenvalue weighted by Gasteiger charge is 2.31. The van der Waals surface area contributed by atoms with Crippen molar-refractivity contribution in [3.63, 3.8) is 0 Å². The molecular weight excluding hydrogens is 162 g/mol. The minimum atomic E-state index is -0.769. The lowest BCUT2D eigenvalue weighted by Gasteiger charge is -2.21. The lowest BCUT2D eigenvalue weighted by atomic mass is 9.78. The summed E-state index contributed by atoms with van der Waals surface area (Å²) in [4.78, 5) is 11.2. The minimum absolute atomic E-state index is 0.0158. The van der Waals surface area contributed by atoms with Crippen LogP contribution in [0, 0.1) is 22.7 Å². The number of carbonyl (C=O) groups is 1. The summed E-state index contributed by atoms with van der Waals surface area (Å²) in [6.07, 6.45) is 2.89. The molecule has 0 saturated carbocycles. The summed E-state index contributed by atoms with van der Waals surface area (Å²) in [6.45, 7) is 7.46. The van der Waals surface area contributed by atoms with Gasteiger partial charge in [-0.05, 0) is 26.2 Å². The number of hydrogen-bond acceptors (Lipinski definition) is 2. The second-order valence-corrected chi connectivity index (χ2v) is 4.10.